The van der Waals surface area contributed by atoms with Crippen LogP contribution in [0.1, 0.15) is 0 Å². The number of aliphatic hydroxyl groups excluding tert-OH is 3. The second kappa shape index (κ2) is 4.66. The van der Waals surface area contributed by atoms with Gasteiger partial charge in [-0.15, -0.1) is 0 Å². The largest absolute Gasteiger partial charge is 0.394 e. The zero-order valence-corrected chi connectivity index (χ0v) is 4.93. The van der Waals surface area contributed by atoms with E-state index in [2.05, 4.69) is 0 Å². The summed E-state index contributed by atoms with van der Waals surface area (Å²) in [5.74, 6) is 0. The molecule has 0 fully saturated rings. The Morgan fingerprint density at radius 1 is 1.33 bits per heavy atom. The molecule has 9 heavy (non-hydrogen) atoms. The van der Waals surface area contributed by atoms with Crippen molar-refractivity contribution in [2.45, 2.75) is 6.10 Å². The second-order valence-corrected chi connectivity index (χ2v) is 1.67. The van der Waals surface area contributed by atoms with Crippen molar-refractivity contribution in [2.75, 3.05) is 19.9 Å². The van der Waals surface area contributed by atoms with Gasteiger partial charge < -0.3 is 20.5 Å². The Kier molecular flexibility index (Phi) is 4.55. The van der Waals surface area contributed by atoms with E-state index in [1.165, 1.54) is 0 Å². The van der Waals surface area contributed by atoms with E-state index in [0.717, 1.165) is 0 Å². The van der Waals surface area contributed by atoms with Gasteiger partial charge in [-0.1, -0.05) is 0 Å². The fourth-order valence-corrected chi connectivity index (χ4v) is 0.359. The van der Waals surface area contributed by atoms with Crippen molar-refractivity contribution in [3.8, 4) is 0 Å². The van der Waals surface area contributed by atoms with Crippen LogP contribution in [0.5, 0.6) is 0 Å². The van der Waals surface area contributed by atoms with Gasteiger partial charge in [0.25, 0.3) is 0 Å². The van der Waals surface area contributed by atoms with Gasteiger partial charge in [0.2, 0.25) is 0 Å². The lowest BCUT2D eigenvalue weighted by atomic mass is 10.4. The van der Waals surface area contributed by atoms with Gasteiger partial charge in [0.1, 0.15) is 6.73 Å². The van der Waals surface area contributed by atoms with Gasteiger partial charge in [0.15, 0.2) is 0 Å². The maximum atomic E-state index is 8.60. The SMILES string of the molecule is OCC(O)CN(O)CO. The molecule has 4 N–H and O–H groups in total. The molecule has 0 amide bonds. The van der Waals surface area contributed by atoms with Gasteiger partial charge >= 0.3 is 0 Å². The molecule has 0 rings (SSSR count). The minimum absolute atomic E-state index is 0.146. The number of hydrogen-bond acceptors (Lipinski definition) is 5. The quantitative estimate of drug-likeness (QED) is 0.265. The molecule has 0 aromatic carbocycles. The molecule has 0 bridgehead atoms. The summed E-state index contributed by atoms with van der Waals surface area (Å²) in [6.45, 7) is -1.11. The van der Waals surface area contributed by atoms with Crippen molar-refractivity contribution < 1.29 is 20.5 Å². The van der Waals surface area contributed by atoms with Crippen LogP contribution in [0.15, 0.2) is 0 Å². The number of hydroxylamine groups is 2. The fraction of sp³-hybridized carbons (Fsp3) is 1.00. The van der Waals surface area contributed by atoms with Crippen molar-refractivity contribution in [3.05, 3.63) is 0 Å². The van der Waals surface area contributed by atoms with Gasteiger partial charge in [-0.05, 0) is 0 Å². The zero-order valence-electron chi connectivity index (χ0n) is 4.93. The molecule has 1 unspecified atom stereocenters. The molecule has 0 radical (unpaired) electrons. The molecule has 0 saturated heterocycles. The molecule has 56 valence electrons. The smallest absolute Gasteiger partial charge is 0.118 e. The van der Waals surface area contributed by atoms with Crippen LogP contribution in [0, 0.1) is 0 Å². The van der Waals surface area contributed by atoms with Crippen LogP contribution < -0.4 is 0 Å². The Hall–Kier alpha value is -0.200. The highest BCUT2D eigenvalue weighted by molar-refractivity contribution is 4.52. The fourth-order valence-electron chi connectivity index (χ4n) is 0.359. The summed E-state index contributed by atoms with van der Waals surface area (Å²) in [5, 5.41) is 33.9. The molecule has 0 aromatic heterocycles. The van der Waals surface area contributed by atoms with Gasteiger partial charge in [0.05, 0.1) is 19.3 Å². The van der Waals surface area contributed by atoms with Gasteiger partial charge in [-0.3, -0.25) is 0 Å². The Balaban J connectivity index is 3.22. The predicted molar refractivity (Wildman–Crippen MR) is 28.7 cm³/mol. The highest BCUT2D eigenvalue weighted by Gasteiger charge is 2.05. The van der Waals surface area contributed by atoms with E-state index in [-0.39, 0.29) is 6.54 Å². The number of nitrogens with zero attached hydrogens (tertiary/aromatic N) is 1. The van der Waals surface area contributed by atoms with Crippen LogP contribution in [0.3, 0.4) is 0 Å². The van der Waals surface area contributed by atoms with E-state index in [1.807, 2.05) is 0 Å². The summed E-state index contributed by atoms with van der Waals surface area (Å²) in [6.07, 6.45) is -0.998. The van der Waals surface area contributed by atoms with E-state index in [4.69, 9.17) is 20.5 Å². The minimum atomic E-state index is -0.998. The van der Waals surface area contributed by atoms with E-state index in [9.17, 15) is 0 Å². The maximum Gasteiger partial charge on any atom is 0.118 e. The summed E-state index contributed by atoms with van der Waals surface area (Å²) >= 11 is 0. The first-order valence-corrected chi connectivity index (χ1v) is 2.54. The van der Waals surface area contributed by atoms with Crippen molar-refractivity contribution >= 4 is 0 Å². The first-order chi connectivity index (χ1) is 4.20. The van der Waals surface area contributed by atoms with Gasteiger partial charge in [0, 0.05) is 0 Å². The van der Waals surface area contributed by atoms with Crippen LogP contribution in [0.25, 0.3) is 0 Å². The van der Waals surface area contributed by atoms with Crippen molar-refractivity contribution in [2.24, 2.45) is 0 Å². The molecule has 0 aliphatic carbocycles. The van der Waals surface area contributed by atoms with Gasteiger partial charge in [-0.2, -0.15) is 5.06 Å². The molecule has 0 saturated carbocycles. The molecular weight excluding hydrogens is 126 g/mol. The molecule has 0 aliphatic rings. The van der Waals surface area contributed by atoms with E-state index >= 15 is 0 Å². The third-order valence-corrected chi connectivity index (χ3v) is 0.795. The first-order valence-electron chi connectivity index (χ1n) is 2.54. The normalized spacial score (nSPS) is 14.3. The third-order valence-electron chi connectivity index (χ3n) is 0.795. The lowest BCUT2D eigenvalue weighted by Crippen LogP contribution is -2.32. The van der Waals surface area contributed by atoms with Crippen LogP contribution in [0.4, 0.5) is 0 Å². The third kappa shape index (κ3) is 4.31. The zero-order chi connectivity index (χ0) is 7.28. The van der Waals surface area contributed by atoms with Crippen molar-refractivity contribution in [3.63, 3.8) is 0 Å². The topological polar surface area (TPSA) is 84.2 Å². The first kappa shape index (κ1) is 8.80. The second-order valence-electron chi connectivity index (χ2n) is 1.67. The highest BCUT2D eigenvalue weighted by Crippen LogP contribution is 1.84. The lowest BCUT2D eigenvalue weighted by molar-refractivity contribution is -0.161. The molecule has 0 aliphatic heterocycles. The standard InChI is InChI=1S/C4H11NO4/c6-2-4(8)1-5(9)3-7/h4,6-9H,1-3H2. The summed E-state index contributed by atoms with van der Waals surface area (Å²) in [5.41, 5.74) is 0. The molecule has 5 heteroatoms. The lowest BCUT2D eigenvalue weighted by Gasteiger charge is -2.13. The van der Waals surface area contributed by atoms with Crippen LogP contribution in [-0.2, 0) is 0 Å². The molecule has 1 atom stereocenters. The molecule has 0 spiro atoms. The number of aliphatic hydroxyl groups is 3. The summed E-state index contributed by atoms with van der Waals surface area (Å²) in [4.78, 5) is 0. The van der Waals surface area contributed by atoms with Crippen LogP contribution >= 0.6 is 0 Å². The minimum Gasteiger partial charge on any atom is -0.394 e. The molecular formula is C4H11NO4. The Morgan fingerprint density at radius 3 is 2.22 bits per heavy atom. The summed E-state index contributed by atoms with van der Waals surface area (Å²) in [7, 11) is 0. The molecule has 0 aromatic rings. The Bertz CT molecular complexity index is 61.6. The molecule has 0 heterocycles. The number of hydrogen-bond donors (Lipinski definition) is 4. The summed E-state index contributed by atoms with van der Waals surface area (Å²) < 4.78 is 0. The summed E-state index contributed by atoms with van der Waals surface area (Å²) in [6, 6.07) is 0. The average Bonchev–Trinajstić information content (AvgIpc) is 1.87. The van der Waals surface area contributed by atoms with Crippen LogP contribution in [-0.4, -0.2) is 51.6 Å². The van der Waals surface area contributed by atoms with Crippen molar-refractivity contribution in [1.29, 1.82) is 0 Å². The van der Waals surface area contributed by atoms with E-state index in [1.54, 1.807) is 0 Å². The Morgan fingerprint density at radius 2 is 1.89 bits per heavy atom. The van der Waals surface area contributed by atoms with E-state index in [0.29, 0.717) is 5.06 Å². The predicted octanol–water partition coefficient (Wildman–Crippen LogP) is -2.02. The van der Waals surface area contributed by atoms with E-state index < -0.39 is 19.4 Å². The van der Waals surface area contributed by atoms with Crippen molar-refractivity contribution in [1.82, 2.24) is 5.06 Å². The van der Waals surface area contributed by atoms with Crippen LogP contribution in [0.2, 0.25) is 0 Å². The molecule has 5 nitrogen and oxygen atoms in total. The average molecular weight is 137 g/mol. The van der Waals surface area contributed by atoms with Gasteiger partial charge in [-0.25, -0.2) is 0 Å². The highest BCUT2D eigenvalue weighted by atomic mass is 16.5. The monoisotopic (exact) mass is 137 g/mol. The number of rotatable bonds is 4. The Labute approximate surface area is 52.7 Å². The maximum absolute atomic E-state index is 8.60.